The highest BCUT2D eigenvalue weighted by Crippen LogP contribution is 2.32. The van der Waals surface area contributed by atoms with E-state index in [-0.39, 0.29) is 12.8 Å². The fourth-order valence-electron chi connectivity index (χ4n) is 2.32. The second kappa shape index (κ2) is 8.50. The third kappa shape index (κ3) is 4.95. The Balaban J connectivity index is 3.02. The first-order valence-electron chi connectivity index (χ1n) is 7.33. The fourth-order valence-corrected chi connectivity index (χ4v) is 2.32. The molecule has 0 unspecified atom stereocenters. The minimum Gasteiger partial charge on any atom is -0.468 e. The van der Waals surface area contributed by atoms with Gasteiger partial charge in [-0.2, -0.15) is 13.2 Å². The molecule has 4 nitrogen and oxygen atoms in total. The Labute approximate surface area is 143 Å². The number of rotatable bonds is 7. The van der Waals surface area contributed by atoms with Gasteiger partial charge in [0.25, 0.3) is 0 Å². The predicted octanol–water partition coefficient (Wildman–Crippen LogP) is 4.02. The third-order valence-corrected chi connectivity index (χ3v) is 3.66. The van der Waals surface area contributed by atoms with E-state index in [2.05, 4.69) is 6.58 Å². The van der Waals surface area contributed by atoms with Crippen molar-refractivity contribution in [2.75, 3.05) is 14.2 Å². The van der Waals surface area contributed by atoms with Crippen LogP contribution in [0.2, 0.25) is 0 Å². The molecule has 0 N–H and O–H groups in total. The van der Waals surface area contributed by atoms with Gasteiger partial charge in [0.15, 0.2) is 5.41 Å². The van der Waals surface area contributed by atoms with Crippen LogP contribution in [-0.2, 0) is 25.2 Å². The number of carbonyl (C=O) groups is 2. The van der Waals surface area contributed by atoms with Gasteiger partial charge >= 0.3 is 18.1 Å². The molecule has 136 valence electrons. The minimum absolute atomic E-state index is 0.00367. The Kier molecular flexibility index (Phi) is 6.97. The smallest absolute Gasteiger partial charge is 0.416 e. The summed E-state index contributed by atoms with van der Waals surface area (Å²) in [5.74, 6) is -1.53. The van der Waals surface area contributed by atoms with E-state index in [9.17, 15) is 22.8 Å². The van der Waals surface area contributed by atoms with Crippen molar-refractivity contribution in [2.45, 2.75) is 19.0 Å². The van der Waals surface area contributed by atoms with Crippen LogP contribution >= 0.6 is 0 Å². The van der Waals surface area contributed by atoms with Crippen molar-refractivity contribution in [1.29, 1.82) is 0 Å². The standard InChI is InChI=1S/C18H19F3O4/c1-4-11-17(15(22)24-2,16(23)25-3)12-5-6-13-7-9-14(10-8-13)18(19,20)21/h4-10H,1,11-12H2,2-3H3/b6-5+. The lowest BCUT2D eigenvalue weighted by Crippen LogP contribution is -2.40. The van der Waals surface area contributed by atoms with Crippen LogP contribution in [0.25, 0.3) is 6.08 Å². The highest BCUT2D eigenvalue weighted by Gasteiger charge is 2.46. The molecule has 0 fully saturated rings. The van der Waals surface area contributed by atoms with Crippen molar-refractivity contribution in [3.05, 3.63) is 54.1 Å². The molecule has 0 spiro atoms. The summed E-state index contributed by atoms with van der Waals surface area (Å²) in [5.41, 5.74) is -1.83. The number of hydrogen-bond acceptors (Lipinski definition) is 4. The molecule has 1 aromatic carbocycles. The fraction of sp³-hybridized carbons (Fsp3) is 0.333. The van der Waals surface area contributed by atoms with E-state index in [1.165, 1.54) is 30.4 Å². The van der Waals surface area contributed by atoms with E-state index in [0.717, 1.165) is 26.4 Å². The van der Waals surface area contributed by atoms with E-state index < -0.39 is 29.1 Å². The van der Waals surface area contributed by atoms with Crippen molar-refractivity contribution >= 4 is 18.0 Å². The number of halogens is 3. The van der Waals surface area contributed by atoms with Crippen LogP contribution in [0.1, 0.15) is 24.0 Å². The molecule has 0 saturated carbocycles. The van der Waals surface area contributed by atoms with Crippen molar-refractivity contribution in [2.24, 2.45) is 5.41 Å². The molecule has 0 aliphatic rings. The summed E-state index contributed by atoms with van der Waals surface area (Å²) in [5, 5.41) is 0. The molecule has 25 heavy (non-hydrogen) atoms. The molecular weight excluding hydrogens is 337 g/mol. The van der Waals surface area contributed by atoms with Gasteiger partial charge in [-0.1, -0.05) is 30.4 Å². The lowest BCUT2D eigenvalue weighted by molar-refractivity contribution is -0.168. The highest BCUT2D eigenvalue weighted by molar-refractivity contribution is 6.00. The highest BCUT2D eigenvalue weighted by atomic mass is 19.4. The van der Waals surface area contributed by atoms with Crippen molar-refractivity contribution < 1.29 is 32.2 Å². The van der Waals surface area contributed by atoms with E-state index in [1.807, 2.05) is 0 Å². The molecule has 0 saturated heterocycles. The maximum atomic E-state index is 12.5. The van der Waals surface area contributed by atoms with E-state index in [1.54, 1.807) is 0 Å². The average molecular weight is 356 g/mol. The number of esters is 2. The first kappa shape index (κ1) is 20.5. The van der Waals surface area contributed by atoms with E-state index in [0.29, 0.717) is 5.56 Å². The van der Waals surface area contributed by atoms with Gasteiger partial charge < -0.3 is 9.47 Å². The molecule has 1 aromatic rings. The summed E-state index contributed by atoms with van der Waals surface area (Å²) in [6.07, 6.45) is -0.0101. The molecule has 0 radical (unpaired) electrons. The zero-order valence-electron chi connectivity index (χ0n) is 13.9. The van der Waals surface area contributed by atoms with Crippen LogP contribution in [0.3, 0.4) is 0 Å². The largest absolute Gasteiger partial charge is 0.468 e. The van der Waals surface area contributed by atoms with Crippen LogP contribution in [-0.4, -0.2) is 26.2 Å². The zero-order valence-corrected chi connectivity index (χ0v) is 13.9. The number of alkyl halides is 3. The summed E-state index contributed by atoms with van der Waals surface area (Å²) < 4.78 is 47.0. The third-order valence-electron chi connectivity index (χ3n) is 3.66. The van der Waals surface area contributed by atoms with Crippen molar-refractivity contribution in [3.63, 3.8) is 0 Å². The Bertz CT molecular complexity index is 629. The lowest BCUT2D eigenvalue weighted by atomic mass is 9.80. The molecule has 0 aliphatic carbocycles. The van der Waals surface area contributed by atoms with Crippen LogP contribution in [0.4, 0.5) is 13.2 Å². The van der Waals surface area contributed by atoms with Gasteiger partial charge in [-0.25, -0.2) is 0 Å². The van der Waals surface area contributed by atoms with Crippen molar-refractivity contribution in [3.8, 4) is 0 Å². The minimum atomic E-state index is -4.41. The molecular formula is C18H19F3O4. The Morgan fingerprint density at radius 3 is 1.96 bits per heavy atom. The van der Waals surface area contributed by atoms with Gasteiger partial charge in [-0.15, -0.1) is 6.58 Å². The number of benzene rings is 1. The second-order valence-electron chi connectivity index (χ2n) is 5.28. The number of hydrogen-bond donors (Lipinski definition) is 0. The Morgan fingerprint density at radius 1 is 1.04 bits per heavy atom. The van der Waals surface area contributed by atoms with Crippen LogP contribution in [0, 0.1) is 5.41 Å². The van der Waals surface area contributed by atoms with Gasteiger partial charge in [0.05, 0.1) is 19.8 Å². The lowest BCUT2D eigenvalue weighted by Gasteiger charge is -2.25. The maximum Gasteiger partial charge on any atom is 0.416 e. The monoisotopic (exact) mass is 356 g/mol. The van der Waals surface area contributed by atoms with Crippen molar-refractivity contribution in [1.82, 2.24) is 0 Å². The first-order valence-corrected chi connectivity index (χ1v) is 7.33. The van der Waals surface area contributed by atoms with Crippen LogP contribution in [0.5, 0.6) is 0 Å². The first-order chi connectivity index (χ1) is 11.7. The molecule has 0 heterocycles. The second-order valence-corrected chi connectivity index (χ2v) is 5.28. The SMILES string of the molecule is C=CCC(C/C=C/c1ccc(C(F)(F)F)cc1)(C(=O)OC)C(=O)OC. The predicted molar refractivity (Wildman–Crippen MR) is 86.4 cm³/mol. The molecule has 0 aliphatic heterocycles. The molecule has 1 rings (SSSR count). The van der Waals surface area contributed by atoms with Gasteiger partial charge in [0.1, 0.15) is 0 Å². The van der Waals surface area contributed by atoms with Gasteiger partial charge in [0, 0.05) is 0 Å². The quantitative estimate of drug-likeness (QED) is 0.421. The van der Waals surface area contributed by atoms with Crippen LogP contribution < -0.4 is 0 Å². The summed E-state index contributed by atoms with van der Waals surface area (Å²) in [6.45, 7) is 3.53. The summed E-state index contributed by atoms with van der Waals surface area (Å²) in [6, 6.07) is 4.50. The van der Waals surface area contributed by atoms with Gasteiger partial charge in [-0.3, -0.25) is 9.59 Å². The van der Waals surface area contributed by atoms with Gasteiger partial charge in [0.2, 0.25) is 0 Å². The Morgan fingerprint density at radius 2 is 1.56 bits per heavy atom. The van der Waals surface area contributed by atoms with E-state index in [4.69, 9.17) is 9.47 Å². The number of methoxy groups -OCH3 is 2. The molecule has 0 amide bonds. The average Bonchev–Trinajstić information content (AvgIpc) is 2.59. The van der Waals surface area contributed by atoms with E-state index >= 15 is 0 Å². The van der Waals surface area contributed by atoms with Gasteiger partial charge in [-0.05, 0) is 30.5 Å². The number of carbonyl (C=O) groups excluding carboxylic acids is 2. The summed E-state index contributed by atoms with van der Waals surface area (Å²) in [4.78, 5) is 24.2. The molecule has 0 aromatic heterocycles. The maximum absolute atomic E-state index is 12.5. The van der Waals surface area contributed by atoms with Crippen LogP contribution in [0.15, 0.2) is 43.0 Å². The number of allylic oxidation sites excluding steroid dienone is 2. The molecule has 7 heteroatoms. The topological polar surface area (TPSA) is 52.6 Å². The molecule has 0 bridgehead atoms. The summed E-state index contributed by atoms with van der Waals surface area (Å²) in [7, 11) is 2.31. The normalized spacial score (nSPS) is 12.0. The zero-order chi connectivity index (χ0) is 19.1. The molecule has 0 atom stereocenters. The number of ether oxygens (including phenoxy) is 2. The Hall–Kier alpha value is -2.57. The summed E-state index contributed by atoms with van der Waals surface area (Å²) >= 11 is 0.